The van der Waals surface area contributed by atoms with Crippen LogP contribution in [0.15, 0.2) is 30.3 Å². The summed E-state index contributed by atoms with van der Waals surface area (Å²) in [6.07, 6.45) is 2.14. The monoisotopic (exact) mass is 361 g/mol. The summed E-state index contributed by atoms with van der Waals surface area (Å²) in [6, 6.07) is 8.78. The smallest absolute Gasteiger partial charge is 0.410 e. The summed E-state index contributed by atoms with van der Waals surface area (Å²) in [7, 11) is 1.72. The Morgan fingerprint density at radius 3 is 2.50 bits per heavy atom. The molecule has 0 aliphatic heterocycles. The van der Waals surface area contributed by atoms with Crippen LogP contribution < -0.4 is 10.1 Å². The number of benzene rings is 1. The molecule has 1 aromatic heterocycles. The zero-order chi connectivity index (χ0) is 18.3. The predicted molar refractivity (Wildman–Crippen MR) is 92.8 cm³/mol. The minimum atomic E-state index is -2.60. The largest absolute Gasteiger partial charge is 0.418 e. The van der Waals surface area contributed by atoms with Gasteiger partial charge in [-0.25, -0.2) is 13.6 Å². The maximum absolute atomic E-state index is 13.3. The highest BCUT2D eigenvalue weighted by atomic mass is 19.3. The van der Waals surface area contributed by atoms with Gasteiger partial charge in [0.1, 0.15) is 11.6 Å². The lowest BCUT2D eigenvalue weighted by atomic mass is 9.73. The van der Waals surface area contributed by atoms with Crippen LogP contribution in [-0.2, 0) is 7.05 Å². The molecule has 2 aromatic rings. The number of halogens is 2. The van der Waals surface area contributed by atoms with Gasteiger partial charge >= 0.3 is 6.09 Å². The van der Waals surface area contributed by atoms with Crippen LogP contribution in [-0.4, -0.2) is 21.8 Å². The Morgan fingerprint density at radius 1 is 1.23 bits per heavy atom. The summed E-state index contributed by atoms with van der Waals surface area (Å²) in [6.45, 7) is 0. The van der Waals surface area contributed by atoms with Gasteiger partial charge in [-0.15, -0.1) is 0 Å². The van der Waals surface area contributed by atoms with Crippen molar-refractivity contribution in [1.82, 2.24) is 9.78 Å². The van der Waals surface area contributed by atoms with E-state index in [0.717, 1.165) is 24.8 Å². The number of amides is 1. The third-order valence-electron chi connectivity index (χ3n) is 5.28. The molecule has 0 spiro atoms. The van der Waals surface area contributed by atoms with Gasteiger partial charge in [0.25, 0.3) is 0 Å². The Hall–Kier alpha value is -2.44. The molecule has 1 N–H and O–H groups in total. The molecule has 2 saturated carbocycles. The van der Waals surface area contributed by atoms with E-state index in [1.807, 2.05) is 6.07 Å². The summed E-state index contributed by atoms with van der Waals surface area (Å²) >= 11 is 0. The van der Waals surface area contributed by atoms with Gasteiger partial charge in [-0.05, 0) is 30.9 Å². The first-order valence-electron chi connectivity index (χ1n) is 8.91. The van der Waals surface area contributed by atoms with Crippen LogP contribution in [0.2, 0.25) is 0 Å². The molecule has 5 nitrogen and oxygen atoms in total. The van der Waals surface area contributed by atoms with Crippen molar-refractivity contribution < 1.29 is 18.3 Å². The summed E-state index contributed by atoms with van der Waals surface area (Å²) in [5, 5.41) is 7.25. The molecule has 26 heavy (non-hydrogen) atoms. The molecule has 0 atom stereocenters. The maximum atomic E-state index is 13.3. The first-order valence-corrected chi connectivity index (χ1v) is 8.91. The number of ether oxygens (including phenoxy) is 1. The summed E-state index contributed by atoms with van der Waals surface area (Å²) < 4.78 is 33.5. The number of nitrogens with one attached hydrogen (secondary N) is 1. The molecule has 0 radical (unpaired) electrons. The molecule has 0 unspecified atom stereocenters. The molecule has 0 bridgehead atoms. The van der Waals surface area contributed by atoms with Crippen LogP contribution in [0.25, 0.3) is 0 Å². The van der Waals surface area contributed by atoms with Crippen molar-refractivity contribution in [3.05, 3.63) is 41.6 Å². The molecule has 2 aliphatic rings. The molecule has 1 heterocycles. The van der Waals surface area contributed by atoms with Gasteiger partial charge in [-0.2, -0.15) is 5.10 Å². The second-order valence-corrected chi connectivity index (χ2v) is 7.19. The number of aromatic nitrogens is 2. The quantitative estimate of drug-likeness (QED) is 0.850. The highest BCUT2D eigenvalue weighted by Crippen LogP contribution is 2.52. The Morgan fingerprint density at radius 2 is 1.92 bits per heavy atom. The van der Waals surface area contributed by atoms with Gasteiger partial charge in [0, 0.05) is 31.4 Å². The summed E-state index contributed by atoms with van der Waals surface area (Å²) in [5.74, 6) is -1.58. The van der Waals surface area contributed by atoms with E-state index < -0.39 is 12.0 Å². The van der Waals surface area contributed by atoms with Gasteiger partial charge in [0.2, 0.25) is 5.92 Å². The van der Waals surface area contributed by atoms with Crippen LogP contribution in [0, 0.1) is 0 Å². The van der Waals surface area contributed by atoms with Gasteiger partial charge in [-0.3, -0.25) is 10.00 Å². The summed E-state index contributed by atoms with van der Waals surface area (Å²) in [5.41, 5.74) is 1.61. The SMILES string of the molecule is Cn1nc(C2CC(F)(F)C2)c(C2CCC2)c1NC(=O)Oc1ccccc1. The zero-order valence-electron chi connectivity index (χ0n) is 14.5. The van der Waals surface area contributed by atoms with E-state index in [9.17, 15) is 13.6 Å². The number of hydrogen-bond donors (Lipinski definition) is 1. The van der Waals surface area contributed by atoms with Gasteiger partial charge in [0.05, 0.1) is 5.69 Å². The lowest BCUT2D eigenvalue weighted by Gasteiger charge is -2.36. The number of alkyl halides is 2. The van der Waals surface area contributed by atoms with Gasteiger partial charge < -0.3 is 4.74 Å². The zero-order valence-corrected chi connectivity index (χ0v) is 14.5. The van der Waals surface area contributed by atoms with E-state index in [2.05, 4.69) is 10.4 Å². The van der Waals surface area contributed by atoms with Crippen molar-refractivity contribution in [2.75, 3.05) is 5.32 Å². The highest BCUT2D eigenvalue weighted by Gasteiger charge is 2.49. The number of carbonyl (C=O) groups excluding carboxylic acids is 1. The van der Waals surface area contributed by atoms with Crippen molar-refractivity contribution in [2.45, 2.75) is 49.9 Å². The Bertz CT molecular complexity index is 808. The van der Waals surface area contributed by atoms with E-state index in [1.165, 1.54) is 0 Å². The first kappa shape index (κ1) is 17.0. The molecule has 2 fully saturated rings. The van der Waals surface area contributed by atoms with E-state index in [-0.39, 0.29) is 24.7 Å². The Labute approximate surface area is 150 Å². The Kier molecular flexibility index (Phi) is 4.17. The third kappa shape index (κ3) is 3.18. The van der Waals surface area contributed by atoms with Crippen LogP contribution in [0.4, 0.5) is 19.4 Å². The maximum Gasteiger partial charge on any atom is 0.418 e. The van der Waals surface area contributed by atoms with Crippen LogP contribution >= 0.6 is 0 Å². The van der Waals surface area contributed by atoms with Crippen LogP contribution in [0.3, 0.4) is 0 Å². The average Bonchev–Trinajstić information content (AvgIpc) is 2.81. The lowest BCUT2D eigenvalue weighted by molar-refractivity contribution is -0.0879. The van der Waals surface area contributed by atoms with Crippen LogP contribution in [0.5, 0.6) is 5.75 Å². The molecule has 138 valence electrons. The number of para-hydroxylation sites is 1. The molecule has 2 aliphatic carbocycles. The minimum absolute atomic E-state index is 0.169. The van der Waals surface area contributed by atoms with E-state index in [1.54, 1.807) is 36.0 Å². The second kappa shape index (κ2) is 6.37. The lowest BCUT2D eigenvalue weighted by Crippen LogP contribution is -2.34. The molecule has 7 heteroatoms. The number of hydrogen-bond acceptors (Lipinski definition) is 3. The molecule has 1 aromatic carbocycles. The number of carbonyl (C=O) groups is 1. The van der Waals surface area contributed by atoms with E-state index in [4.69, 9.17) is 4.74 Å². The van der Waals surface area contributed by atoms with E-state index >= 15 is 0 Å². The average molecular weight is 361 g/mol. The normalized spacial score (nSPS) is 19.5. The van der Waals surface area contributed by atoms with Crippen LogP contribution in [0.1, 0.15) is 55.2 Å². The first-order chi connectivity index (χ1) is 12.4. The van der Waals surface area contributed by atoms with Gasteiger partial charge in [0.15, 0.2) is 0 Å². The highest BCUT2D eigenvalue weighted by molar-refractivity contribution is 5.86. The van der Waals surface area contributed by atoms with Crippen molar-refractivity contribution in [3.8, 4) is 5.75 Å². The van der Waals surface area contributed by atoms with Crippen molar-refractivity contribution in [1.29, 1.82) is 0 Å². The third-order valence-corrected chi connectivity index (χ3v) is 5.28. The van der Waals surface area contributed by atoms with E-state index in [0.29, 0.717) is 17.3 Å². The number of rotatable bonds is 4. The fourth-order valence-electron chi connectivity index (χ4n) is 3.68. The van der Waals surface area contributed by atoms with Crippen molar-refractivity contribution in [3.63, 3.8) is 0 Å². The topological polar surface area (TPSA) is 56.2 Å². The fraction of sp³-hybridized carbons (Fsp3) is 0.474. The predicted octanol–water partition coefficient (Wildman–Crippen LogP) is 4.81. The van der Waals surface area contributed by atoms with Crippen molar-refractivity contribution >= 4 is 11.9 Å². The minimum Gasteiger partial charge on any atom is -0.410 e. The van der Waals surface area contributed by atoms with Crippen molar-refractivity contribution in [2.24, 2.45) is 7.05 Å². The number of anilines is 1. The molecule has 4 rings (SSSR count). The molecule has 0 saturated heterocycles. The fourth-order valence-corrected chi connectivity index (χ4v) is 3.68. The second-order valence-electron chi connectivity index (χ2n) is 7.19. The molecule has 1 amide bonds. The summed E-state index contributed by atoms with van der Waals surface area (Å²) in [4.78, 5) is 12.3. The Balaban J connectivity index is 1.57. The number of nitrogens with zero attached hydrogens (tertiary/aromatic N) is 2. The molecular weight excluding hydrogens is 340 g/mol. The standard InChI is InChI=1S/C19H21F2N3O2/c1-24-17(22-18(25)26-14-8-3-2-4-9-14)15(12-6-5-7-12)16(23-24)13-10-19(20,21)11-13/h2-4,8-9,12-13H,5-7,10-11H2,1H3,(H,22,25). The van der Waals surface area contributed by atoms with Gasteiger partial charge in [-0.1, -0.05) is 24.6 Å². The number of aryl methyl sites for hydroxylation is 1. The molecular formula is C19H21F2N3O2.